The molecule has 0 aliphatic heterocycles. The molecule has 0 saturated carbocycles. The third-order valence-electron chi connectivity index (χ3n) is 6.64. The van der Waals surface area contributed by atoms with Crippen LogP contribution >= 0.6 is 0 Å². The van der Waals surface area contributed by atoms with E-state index >= 15 is 0 Å². The molecule has 0 amide bonds. The molecule has 0 aliphatic rings. The first kappa shape index (κ1) is 20.4. The van der Waals surface area contributed by atoms with Crippen LogP contribution in [0.1, 0.15) is 0 Å². The molecule has 2 aromatic heterocycles. The van der Waals surface area contributed by atoms with Crippen LogP contribution in [0, 0.1) is 0 Å². The van der Waals surface area contributed by atoms with Crippen LogP contribution in [-0.2, 0) is 0 Å². The van der Waals surface area contributed by atoms with E-state index in [1.54, 1.807) is 6.33 Å². The lowest BCUT2D eigenvalue weighted by Gasteiger charge is -2.18. The highest BCUT2D eigenvalue weighted by Gasteiger charge is 2.21. The quantitative estimate of drug-likeness (QED) is 0.253. The fourth-order valence-electron chi connectivity index (χ4n) is 5.09. The van der Waals surface area contributed by atoms with Crippen LogP contribution in [0.25, 0.3) is 66.2 Å². The third kappa shape index (κ3) is 3.23. The van der Waals surface area contributed by atoms with Crippen molar-refractivity contribution in [1.82, 2.24) is 19.9 Å². The van der Waals surface area contributed by atoms with E-state index in [4.69, 9.17) is 9.97 Å². The van der Waals surface area contributed by atoms with Gasteiger partial charge in [-0.1, -0.05) is 91.0 Å². The van der Waals surface area contributed by atoms with Crippen LogP contribution in [0.15, 0.2) is 122 Å². The normalized spacial score (nSPS) is 11.3. The van der Waals surface area contributed by atoms with E-state index in [9.17, 15) is 0 Å². The summed E-state index contributed by atoms with van der Waals surface area (Å²) in [5, 5.41) is 4.51. The predicted octanol–water partition coefficient (Wildman–Crippen LogP) is 7.73. The second-order valence-corrected chi connectivity index (χ2v) is 8.74. The summed E-state index contributed by atoms with van der Waals surface area (Å²) in [6, 6.07) is 35.4. The molecule has 0 aliphatic carbocycles. The molecular weight excluding hydrogens is 440 g/mol. The van der Waals surface area contributed by atoms with Crippen molar-refractivity contribution in [3.05, 3.63) is 122 Å². The third-order valence-corrected chi connectivity index (χ3v) is 6.64. The van der Waals surface area contributed by atoms with E-state index in [1.807, 2.05) is 54.9 Å². The number of hydrogen-bond donors (Lipinski definition) is 0. The largest absolute Gasteiger partial charge is 0.244 e. The second-order valence-electron chi connectivity index (χ2n) is 8.74. The topological polar surface area (TPSA) is 51.6 Å². The molecule has 0 saturated heterocycles. The number of nitrogens with zero attached hydrogens (tertiary/aromatic N) is 4. The first-order valence-corrected chi connectivity index (χ1v) is 11.9. The smallest absolute Gasteiger partial charge is 0.115 e. The van der Waals surface area contributed by atoms with Crippen molar-refractivity contribution >= 4 is 32.6 Å². The van der Waals surface area contributed by atoms with Gasteiger partial charge in [-0.05, 0) is 33.7 Å². The number of hydrogen-bond acceptors (Lipinski definition) is 4. The van der Waals surface area contributed by atoms with Crippen molar-refractivity contribution in [3.8, 4) is 33.6 Å². The van der Waals surface area contributed by atoms with Gasteiger partial charge >= 0.3 is 0 Å². The summed E-state index contributed by atoms with van der Waals surface area (Å²) in [5.74, 6) is 0. The van der Waals surface area contributed by atoms with Gasteiger partial charge < -0.3 is 0 Å². The zero-order chi connectivity index (χ0) is 23.9. The Balaban J connectivity index is 1.68. The highest BCUT2D eigenvalue weighted by atomic mass is 14.8. The minimum Gasteiger partial charge on any atom is -0.244 e. The highest BCUT2D eigenvalue weighted by molar-refractivity contribution is 6.21. The molecular formula is C32H20N4. The number of aromatic nitrogens is 4. The number of fused-ring (bicyclic) bond motifs is 3. The molecule has 0 spiro atoms. The van der Waals surface area contributed by atoms with E-state index in [0.29, 0.717) is 0 Å². The Morgan fingerprint density at radius 1 is 0.389 bits per heavy atom. The summed E-state index contributed by atoms with van der Waals surface area (Å²) in [4.78, 5) is 19.0. The van der Waals surface area contributed by atoms with E-state index < -0.39 is 0 Å². The van der Waals surface area contributed by atoms with E-state index in [0.717, 1.165) is 66.2 Å². The monoisotopic (exact) mass is 460 g/mol. The average molecular weight is 461 g/mol. The first-order chi connectivity index (χ1) is 17.9. The summed E-state index contributed by atoms with van der Waals surface area (Å²) in [5.41, 5.74) is 7.75. The molecule has 4 nitrogen and oxygen atoms in total. The molecule has 7 rings (SSSR count). The van der Waals surface area contributed by atoms with Crippen LogP contribution in [-0.4, -0.2) is 19.9 Å². The maximum Gasteiger partial charge on any atom is 0.115 e. The fraction of sp³-hybridized carbons (Fsp3) is 0. The lowest BCUT2D eigenvalue weighted by Crippen LogP contribution is -1.98. The predicted molar refractivity (Wildman–Crippen MR) is 146 cm³/mol. The van der Waals surface area contributed by atoms with Gasteiger partial charge in [0.2, 0.25) is 0 Å². The minimum absolute atomic E-state index is 0.875. The van der Waals surface area contributed by atoms with Gasteiger partial charge in [0.25, 0.3) is 0 Å². The summed E-state index contributed by atoms with van der Waals surface area (Å²) in [6.07, 6.45) is 5.33. The van der Waals surface area contributed by atoms with Crippen molar-refractivity contribution in [3.63, 3.8) is 0 Å². The molecule has 0 radical (unpaired) electrons. The molecule has 0 N–H and O–H groups in total. The standard InChI is InChI=1S/C32H20N4/c1-2-10-21(11-3-1)31-32(36-28-17-9-8-16-27(28)35-31)30-25-14-6-4-12-23(25)29(22-18-33-20-34-19-22)24-13-5-7-15-26(24)30/h1-20H. The Kier molecular flexibility index (Phi) is 4.74. The van der Waals surface area contributed by atoms with E-state index in [1.165, 1.54) is 0 Å². The summed E-state index contributed by atoms with van der Waals surface area (Å²) < 4.78 is 0. The lowest BCUT2D eigenvalue weighted by atomic mass is 9.87. The summed E-state index contributed by atoms with van der Waals surface area (Å²) in [6.45, 7) is 0. The van der Waals surface area contributed by atoms with Gasteiger partial charge in [0.1, 0.15) is 6.33 Å². The Hall–Kier alpha value is -4.96. The van der Waals surface area contributed by atoms with Crippen LogP contribution < -0.4 is 0 Å². The minimum atomic E-state index is 0.875. The van der Waals surface area contributed by atoms with Crippen LogP contribution in [0.3, 0.4) is 0 Å². The lowest BCUT2D eigenvalue weighted by molar-refractivity contribution is 1.17. The van der Waals surface area contributed by atoms with Crippen molar-refractivity contribution in [2.45, 2.75) is 0 Å². The van der Waals surface area contributed by atoms with Crippen LogP contribution in [0.5, 0.6) is 0 Å². The SMILES string of the molecule is c1ccc(-c2nc3ccccc3nc2-c2c3ccccc3c(-c3cncnc3)c3ccccc23)cc1. The molecule has 36 heavy (non-hydrogen) atoms. The second kappa shape index (κ2) is 8.36. The summed E-state index contributed by atoms with van der Waals surface area (Å²) >= 11 is 0. The average Bonchev–Trinajstić information content (AvgIpc) is 2.96. The van der Waals surface area contributed by atoms with Crippen molar-refractivity contribution < 1.29 is 0 Å². The fourth-order valence-corrected chi connectivity index (χ4v) is 5.09. The molecule has 0 unspecified atom stereocenters. The number of para-hydroxylation sites is 2. The van der Waals surface area contributed by atoms with Crippen molar-refractivity contribution in [2.75, 3.05) is 0 Å². The van der Waals surface area contributed by atoms with Gasteiger partial charge in [-0.2, -0.15) is 0 Å². The molecule has 168 valence electrons. The van der Waals surface area contributed by atoms with Gasteiger partial charge in [-0.3, -0.25) is 0 Å². The number of benzene rings is 5. The van der Waals surface area contributed by atoms with Crippen LogP contribution in [0.2, 0.25) is 0 Å². The first-order valence-electron chi connectivity index (χ1n) is 11.9. The van der Waals surface area contributed by atoms with E-state index in [-0.39, 0.29) is 0 Å². The van der Waals surface area contributed by atoms with Gasteiger partial charge in [0.15, 0.2) is 0 Å². The zero-order valence-electron chi connectivity index (χ0n) is 19.3. The Morgan fingerprint density at radius 3 is 1.44 bits per heavy atom. The Bertz CT molecular complexity index is 1820. The van der Waals surface area contributed by atoms with Crippen molar-refractivity contribution in [2.24, 2.45) is 0 Å². The molecule has 5 aromatic carbocycles. The van der Waals surface area contributed by atoms with Crippen LogP contribution in [0.4, 0.5) is 0 Å². The van der Waals surface area contributed by atoms with Gasteiger partial charge in [-0.15, -0.1) is 0 Å². The van der Waals surface area contributed by atoms with E-state index in [2.05, 4.69) is 70.6 Å². The zero-order valence-corrected chi connectivity index (χ0v) is 19.3. The Morgan fingerprint density at radius 2 is 0.861 bits per heavy atom. The van der Waals surface area contributed by atoms with Gasteiger partial charge in [0.05, 0.1) is 22.4 Å². The maximum atomic E-state index is 5.24. The highest BCUT2D eigenvalue weighted by Crippen LogP contribution is 2.45. The number of rotatable bonds is 3. The molecule has 0 fully saturated rings. The van der Waals surface area contributed by atoms with Crippen molar-refractivity contribution in [1.29, 1.82) is 0 Å². The summed E-state index contributed by atoms with van der Waals surface area (Å²) in [7, 11) is 0. The molecule has 4 heteroatoms. The molecule has 0 bridgehead atoms. The van der Waals surface area contributed by atoms with Gasteiger partial charge in [0, 0.05) is 34.6 Å². The van der Waals surface area contributed by atoms with Gasteiger partial charge in [-0.25, -0.2) is 19.9 Å². The molecule has 2 heterocycles. The molecule has 7 aromatic rings. The molecule has 0 atom stereocenters. The maximum absolute atomic E-state index is 5.24. The Labute approximate surface area is 208 Å².